The molecule has 2 aromatic rings. The first-order chi connectivity index (χ1) is 16.4. The monoisotopic (exact) mass is 460 g/mol. The van der Waals surface area contributed by atoms with Crippen LogP contribution in [0.3, 0.4) is 0 Å². The molecule has 2 aromatic carbocycles. The Morgan fingerprint density at radius 2 is 1.06 bits per heavy atom. The average molecular weight is 460 g/mol. The number of benzene rings is 2. The van der Waals surface area contributed by atoms with Crippen molar-refractivity contribution in [3.05, 3.63) is 70.8 Å². The van der Waals surface area contributed by atoms with Crippen LogP contribution >= 0.6 is 0 Å². The predicted octanol–water partition coefficient (Wildman–Crippen LogP) is 2.60. The molecule has 0 saturated heterocycles. The van der Waals surface area contributed by atoms with Gasteiger partial charge in [-0.2, -0.15) is 0 Å². The minimum absolute atomic E-state index is 0.131. The van der Waals surface area contributed by atoms with Crippen molar-refractivity contribution in [2.75, 3.05) is 0 Å². The first kappa shape index (κ1) is 22.2. The maximum atomic E-state index is 12.1. The zero-order valence-corrected chi connectivity index (χ0v) is 18.5. The van der Waals surface area contributed by atoms with Gasteiger partial charge in [0, 0.05) is 24.9 Å². The van der Waals surface area contributed by atoms with Crippen LogP contribution in [0.5, 0.6) is 0 Å². The highest BCUT2D eigenvalue weighted by Gasteiger charge is 2.43. The topological polar surface area (TPSA) is 112 Å². The number of aliphatic hydroxyl groups excluding tert-OH is 1. The molecule has 8 heteroatoms. The van der Waals surface area contributed by atoms with E-state index in [1.807, 2.05) is 0 Å². The molecule has 2 heterocycles. The Balaban J connectivity index is 0.000000142. The van der Waals surface area contributed by atoms with E-state index in [2.05, 4.69) is 0 Å². The fraction of sp³-hybridized carbons (Fsp3) is 0.346. The number of carbonyl (C=O) groups is 5. The molecule has 8 nitrogen and oxygen atoms in total. The van der Waals surface area contributed by atoms with Crippen LogP contribution in [0.25, 0.3) is 0 Å². The third-order valence-electron chi connectivity index (χ3n) is 6.98. The Hall–Kier alpha value is -3.65. The number of rotatable bonds is 2. The average Bonchev–Trinajstić information content (AvgIpc) is 3.57. The predicted molar refractivity (Wildman–Crippen MR) is 120 cm³/mol. The lowest BCUT2D eigenvalue weighted by Crippen LogP contribution is -2.38. The van der Waals surface area contributed by atoms with Crippen LogP contribution < -0.4 is 0 Å². The van der Waals surface area contributed by atoms with Gasteiger partial charge in [-0.25, -0.2) is 0 Å². The summed E-state index contributed by atoms with van der Waals surface area (Å²) in [5.74, 6) is -0.823. The number of amides is 4. The van der Waals surface area contributed by atoms with Crippen LogP contribution in [-0.4, -0.2) is 62.5 Å². The fourth-order valence-electron chi connectivity index (χ4n) is 5.26. The lowest BCUT2D eigenvalue weighted by atomic mass is 10.1. The van der Waals surface area contributed by atoms with Crippen molar-refractivity contribution in [3.63, 3.8) is 0 Å². The number of aliphatic hydroxyl groups is 1. The first-order valence-corrected chi connectivity index (χ1v) is 11.5. The zero-order valence-electron chi connectivity index (χ0n) is 18.5. The summed E-state index contributed by atoms with van der Waals surface area (Å²) in [5, 5.41) is 9.50. The summed E-state index contributed by atoms with van der Waals surface area (Å²) in [6, 6.07) is 13.3. The smallest absolute Gasteiger partial charge is 0.261 e. The summed E-state index contributed by atoms with van der Waals surface area (Å²) in [7, 11) is 0. The normalized spacial score (nSPS) is 25.6. The number of ketones is 1. The van der Waals surface area contributed by atoms with Gasteiger partial charge in [0.15, 0.2) is 0 Å². The molecule has 4 aliphatic rings. The number of hydrogen-bond acceptors (Lipinski definition) is 6. The van der Waals surface area contributed by atoms with Crippen molar-refractivity contribution < 1.29 is 29.1 Å². The molecule has 0 spiro atoms. The molecule has 1 N–H and O–H groups in total. The van der Waals surface area contributed by atoms with E-state index >= 15 is 0 Å². The Labute approximate surface area is 196 Å². The van der Waals surface area contributed by atoms with Gasteiger partial charge in [0.25, 0.3) is 23.6 Å². The van der Waals surface area contributed by atoms with Crippen molar-refractivity contribution in [2.24, 2.45) is 0 Å². The molecular weight excluding hydrogens is 436 g/mol. The highest BCUT2D eigenvalue weighted by atomic mass is 16.3. The highest BCUT2D eigenvalue weighted by Crippen LogP contribution is 2.32. The molecule has 3 atom stereocenters. The number of imide groups is 2. The third kappa shape index (κ3) is 3.64. The van der Waals surface area contributed by atoms with Crippen LogP contribution in [-0.2, 0) is 4.79 Å². The van der Waals surface area contributed by atoms with E-state index in [4.69, 9.17) is 0 Å². The largest absolute Gasteiger partial charge is 0.393 e. The molecule has 2 aliphatic heterocycles. The van der Waals surface area contributed by atoms with Crippen molar-refractivity contribution in [1.29, 1.82) is 0 Å². The third-order valence-corrected chi connectivity index (χ3v) is 6.98. The van der Waals surface area contributed by atoms with Crippen LogP contribution in [0.2, 0.25) is 0 Å². The van der Waals surface area contributed by atoms with Gasteiger partial charge in [-0.1, -0.05) is 24.3 Å². The van der Waals surface area contributed by atoms with Gasteiger partial charge in [-0.15, -0.1) is 0 Å². The van der Waals surface area contributed by atoms with Crippen molar-refractivity contribution in [1.82, 2.24) is 9.80 Å². The van der Waals surface area contributed by atoms with E-state index in [-0.39, 0.29) is 47.6 Å². The number of fused-ring (bicyclic) bond motifs is 2. The number of nitrogens with zero attached hydrogens (tertiary/aromatic N) is 2. The summed E-state index contributed by atoms with van der Waals surface area (Å²) in [6.45, 7) is 0. The van der Waals surface area contributed by atoms with Gasteiger partial charge in [0.2, 0.25) is 0 Å². The fourth-order valence-corrected chi connectivity index (χ4v) is 5.26. The van der Waals surface area contributed by atoms with Gasteiger partial charge in [0.1, 0.15) is 5.78 Å². The molecule has 34 heavy (non-hydrogen) atoms. The van der Waals surface area contributed by atoms with Crippen molar-refractivity contribution >= 4 is 29.4 Å². The maximum absolute atomic E-state index is 12.1. The van der Waals surface area contributed by atoms with Gasteiger partial charge in [-0.05, 0) is 49.9 Å². The molecule has 174 valence electrons. The van der Waals surface area contributed by atoms with Crippen LogP contribution in [0.1, 0.15) is 80.0 Å². The Morgan fingerprint density at radius 3 is 1.41 bits per heavy atom. The molecule has 3 unspecified atom stereocenters. The van der Waals surface area contributed by atoms with Crippen LogP contribution in [0, 0.1) is 0 Å². The molecule has 0 radical (unpaired) electrons. The second-order valence-electron chi connectivity index (χ2n) is 9.11. The summed E-state index contributed by atoms with van der Waals surface area (Å²) >= 11 is 0. The zero-order chi connectivity index (χ0) is 24.0. The molecule has 4 amide bonds. The lowest BCUT2D eigenvalue weighted by molar-refractivity contribution is -0.117. The summed E-state index contributed by atoms with van der Waals surface area (Å²) in [4.78, 5) is 62.3. The second-order valence-corrected chi connectivity index (χ2v) is 9.11. The Kier molecular flexibility index (Phi) is 5.61. The first-order valence-electron chi connectivity index (χ1n) is 11.5. The van der Waals surface area contributed by atoms with Crippen LogP contribution in [0.15, 0.2) is 48.5 Å². The number of carbonyl (C=O) groups excluding carboxylic acids is 5. The molecule has 0 aromatic heterocycles. The summed E-state index contributed by atoms with van der Waals surface area (Å²) in [5.41, 5.74) is 1.88. The number of hydrogen-bond donors (Lipinski definition) is 1. The summed E-state index contributed by atoms with van der Waals surface area (Å²) < 4.78 is 0. The van der Waals surface area contributed by atoms with E-state index in [0.717, 1.165) is 0 Å². The standard InChI is InChI=1S/C13H13NO3.C13H11NO3/c2*15-9-6-5-8(7-9)14-12(16)10-3-1-2-4-11(10)13(14)17/h1-4,8-9,15H,5-7H2;1-4,8H,5-7H2. The highest BCUT2D eigenvalue weighted by molar-refractivity contribution is 6.22. The molecule has 2 saturated carbocycles. The summed E-state index contributed by atoms with van der Waals surface area (Å²) in [6.07, 6.45) is 2.87. The second kappa shape index (κ2) is 8.61. The van der Waals surface area contributed by atoms with Crippen LogP contribution in [0.4, 0.5) is 0 Å². The quantitative estimate of drug-likeness (QED) is 0.690. The van der Waals surface area contributed by atoms with E-state index in [1.54, 1.807) is 48.5 Å². The van der Waals surface area contributed by atoms with E-state index in [9.17, 15) is 29.1 Å². The molecule has 6 rings (SSSR count). The van der Waals surface area contributed by atoms with Crippen molar-refractivity contribution in [2.45, 2.75) is 56.7 Å². The lowest BCUT2D eigenvalue weighted by Gasteiger charge is -2.21. The minimum atomic E-state index is -0.385. The molecule has 2 fully saturated rings. The van der Waals surface area contributed by atoms with E-state index < -0.39 is 0 Å². The minimum Gasteiger partial charge on any atom is -0.393 e. The molecule has 0 bridgehead atoms. The van der Waals surface area contributed by atoms with Gasteiger partial charge >= 0.3 is 0 Å². The molecular formula is C26H24N2O6. The molecule has 2 aliphatic carbocycles. The Bertz CT molecular complexity index is 1150. The number of Topliss-reactive ketones (excluding diaryl/α,β-unsaturated/α-hetero) is 1. The SMILES string of the molecule is O=C1CCC(N2C(=O)c3ccccc3C2=O)C1.O=C1c2ccccc2C(=O)N1C1CCC(O)C1. The Morgan fingerprint density at radius 1 is 0.618 bits per heavy atom. The van der Waals surface area contributed by atoms with Gasteiger partial charge < -0.3 is 5.11 Å². The van der Waals surface area contributed by atoms with E-state index in [1.165, 1.54) is 9.80 Å². The van der Waals surface area contributed by atoms with E-state index in [0.29, 0.717) is 60.8 Å². The maximum Gasteiger partial charge on any atom is 0.261 e. The van der Waals surface area contributed by atoms with Gasteiger partial charge in [-0.3, -0.25) is 33.8 Å². The van der Waals surface area contributed by atoms with Crippen molar-refractivity contribution in [3.8, 4) is 0 Å². The van der Waals surface area contributed by atoms with Gasteiger partial charge in [0.05, 0.1) is 28.4 Å².